The number of likely N-dealkylation sites (N-methyl/N-ethyl adjacent to an activating group) is 1. The van der Waals surface area contributed by atoms with Crippen molar-refractivity contribution >= 4 is 16.7 Å². The number of rotatable bonds is 3. The van der Waals surface area contributed by atoms with Crippen LogP contribution >= 0.6 is 0 Å². The van der Waals surface area contributed by atoms with Gasteiger partial charge >= 0.3 is 0 Å². The molecule has 0 spiro atoms. The number of anilines is 1. The number of fused-ring (bicyclic) bond motifs is 2. The zero-order chi connectivity index (χ0) is 17.4. The molecule has 0 unspecified atom stereocenters. The molecule has 7 heteroatoms. The van der Waals surface area contributed by atoms with E-state index in [1.807, 2.05) is 12.1 Å². The van der Waals surface area contributed by atoms with Crippen molar-refractivity contribution in [3.05, 3.63) is 18.5 Å². The molecule has 2 atom stereocenters. The molecule has 2 aliphatic heterocycles. The molecular weight excluding hydrogens is 320 g/mol. The van der Waals surface area contributed by atoms with Crippen molar-refractivity contribution in [3.8, 4) is 11.5 Å². The second-order valence-corrected chi connectivity index (χ2v) is 6.64. The Kier molecular flexibility index (Phi) is 4.35. The Hall–Kier alpha value is -2.12. The Bertz CT molecular complexity index is 769. The second kappa shape index (κ2) is 6.65. The third-order valence-corrected chi connectivity index (χ3v) is 5.17. The SMILES string of the molecule is COc1cc(OC)c2ncnc(N3CCO[C@H]4CCN(C)C[C@@H]43)c2c1. The first kappa shape index (κ1) is 16.4. The molecule has 25 heavy (non-hydrogen) atoms. The van der Waals surface area contributed by atoms with Crippen LogP contribution in [0.1, 0.15) is 6.42 Å². The van der Waals surface area contributed by atoms with Gasteiger partial charge in [0.15, 0.2) is 0 Å². The Morgan fingerprint density at radius 2 is 2.04 bits per heavy atom. The number of hydrogen-bond donors (Lipinski definition) is 0. The number of nitrogens with zero attached hydrogens (tertiary/aromatic N) is 4. The van der Waals surface area contributed by atoms with Crippen LogP contribution in [0.15, 0.2) is 18.5 Å². The molecule has 0 saturated carbocycles. The molecule has 0 N–H and O–H groups in total. The first-order valence-corrected chi connectivity index (χ1v) is 8.64. The van der Waals surface area contributed by atoms with Gasteiger partial charge < -0.3 is 24.0 Å². The molecule has 7 nitrogen and oxygen atoms in total. The number of ether oxygens (including phenoxy) is 3. The Balaban J connectivity index is 1.82. The monoisotopic (exact) mass is 344 g/mol. The highest BCUT2D eigenvalue weighted by Crippen LogP contribution is 2.36. The molecule has 134 valence electrons. The van der Waals surface area contributed by atoms with Gasteiger partial charge in [-0.05, 0) is 19.5 Å². The Labute approximate surface area is 147 Å². The van der Waals surface area contributed by atoms with E-state index in [-0.39, 0.29) is 6.10 Å². The summed E-state index contributed by atoms with van der Waals surface area (Å²) in [5.74, 6) is 2.37. The van der Waals surface area contributed by atoms with Gasteiger partial charge in [-0.1, -0.05) is 0 Å². The fraction of sp³-hybridized carbons (Fsp3) is 0.556. The van der Waals surface area contributed by atoms with Crippen LogP contribution in [0.5, 0.6) is 11.5 Å². The van der Waals surface area contributed by atoms with Gasteiger partial charge in [0, 0.05) is 25.7 Å². The predicted molar refractivity (Wildman–Crippen MR) is 95.6 cm³/mol. The summed E-state index contributed by atoms with van der Waals surface area (Å²) in [4.78, 5) is 13.8. The van der Waals surface area contributed by atoms with Crippen LogP contribution in [0.2, 0.25) is 0 Å². The van der Waals surface area contributed by atoms with Crippen LogP contribution < -0.4 is 14.4 Å². The molecule has 0 aliphatic carbocycles. The van der Waals surface area contributed by atoms with E-state index in [4.69, 9.17) is 14.2 Å². The standard InChI is InChI=1S/C18H24N4O3/c1-21-5-4-15-14(10-21)22(6-7-25-15)18-13-8-12(23-2)9-16(24-3)17(13)19-11-20-18/h8-9,11,14-15H,4-7,10H2,1-3H3/t14-,15-/m0/s1. The summed E-state index contributed by atoms with van der Waals surface area (Å²) in [6.07, 6.45) is 2.92. The largest absolute Gasteiger partial charge is 0.497 e. The highest BCUT2D eigenvalue weighted by molar-refractivity contribution is 5.94. The van der Waals surface area contributed by atoms with Crippen molar-refractivity contribution in [2.45, 2.75) is 18.6 Å². The zero-order valence-corrected chi connectivity index (χ0v) is 14.9. The lowest BCUT2D eigenvalue weighted by Crippen LogP contribution is -2.59. The van der Waals surface area contributed by atoms with E-state index in [1.54, 1.807) is 20.5 Å². The average molecular weight is 344 g/mol. The van der Waals surface area contributed by atoms with E-state index in [2.05, 4.69) is 26.8 Å². The number of aromatic nitrogens is 2. The molecule has 1 aromatic heterocycles. The third-order valence-electron chi connectivity index (χ3n) is 5.17. The van der Waals surface area contributed by atoms with E-state index in [0.717, 1.165) is 55.1 Å². The topological polar surface area (TPSA) is 60.0 Å². The quantitative estimate of drug-likeness (QED) is 0.837. The maximum Gasteiger partial charge on any atom is 0.148 e. The number of likely N-dealkylation sites (tertiary alicyclic amines) is 1. The number of benzene rings is 1. The Morgan fingerprint density at radius 3 is 2.84 bits per heavy atom. The van der Waals surface area contributed by atoms with Crippen molar-refractivity contribution in [1.29, 1.82) is 0 Å². The highest BCUT2D eigenvalue weighted by Gasteiger charge is 2.37. The maximum absolute atomic E-state index is 6.02. The second-order valence-electron chi connectivity index (χ2n) is 6.64. The Morgan fingerprint density at radius 1 is 1.16 bits per heavy atom. The first-order chi connectivity index (χ1) is 12.2. The minimum absolute atomic E-state index is 0.252. The van der Waals surface area contributed by atoms with Gasteiger partial charge in [0.05, 0.1) is 38.4 Å². The minimum Gasteiger partial charge on any atom is -0.497 e. The molecule has 4 rings (SSSR count). The van der Waals surface area contributed by atoms with Gasteiger partial charge in [0.1, 0.15) is 29.2 Å². The molecule has 2 saturated heterocycles. The van der Waals surface area contributed by atoms with Gasteiger partial charge in [-0.25, -0.2) is 9.97 Å². The number of morpholine rings is 1. The van der Waals surface area contributed by atoms with Crippen LogP contribution in [0, 0.1) is 0 Å². The van der Waals surface area contributed by atoms with E-state index < -0.39 is 0 Å². The number of hydrogen-bond acceptors (Lipinski definition) is 7. The number of piperidine rings is 1. The highest BCUT2D eigenvalue weighted by atomic mass is 16.5. The van der Waals surface area contributed by atoms with Crippen LogP contribution in [0.25, 0.3) is 10.9 Å². The van der Waals surface area contributed by atoms with Crippen molar-refractivity contribution in [2.24, 2.45) is 0 Å². The summed E-state index contributed by atoms with van der Waals surface area (Å²) < 4.78 is 17.0. The summed E-state index contributed by atoms with van der Waals surface area (Å²) in [5.41, 5.74) is 0.806. The molecule has 2 aromatic rings. The van der Waals surface area contributed by atoms with Gasteiger partial charge in [0.2, 0.25) is 0 Å². The molecule has 0 bridgehead atoms. The first-order valence-electron chi connectivity index (χ1n) is 8.64. The van der Waals surface area contributed by atoms with E-state index in [1.165, 1.54) is 0 Å². The van der Waals surface area contributed by atoms with E-state index in [9.17, 15) is 0 Å². The van der Waals surface area contributed by atoms with Gasteiger partial charge in [-0.15, -0.1) is 0 Å². The van der Waals surface area contributed by atoms with Gasteiger partial charge in [-0.2, -0.15) is 0 Å². The molecule has 1 aromatic carbocycles. The lowest BCUT2D eigenvalue weighted by Gasteiger charge is -2.47. The summed E-state index contributed by atoms with van der Waals surface area (Å²) in [5, 5.41) is 0.951. The molecule has 3 heterocycles. The normalized spacial score (nSPS) is 24.2. The molecule has 0 amide bonds. The van der Waals surface area contributed by atoms with Crippen LogP contribution in [-0.2, 0) is 4.74 Å². The fourth-order valence-electron chi connectivity index (χ4n) is 3.89. The average Bonchev–Trinajstić information content (AvgIpc) is 2.66. The molecule has 0 radical (unpaired) electrons. The number of methoxy groups -OCH3 is 2. The molecular formula is C18H24N4O3. The van der Waals surface area contributed by atoms with Crippen molar-refractivity contribution in [2.75, 3.05) is 52.4 Å². The smallest absolute Gasteiger partial charge is 0.148 e. The van der Waals surface area contributed by atoms with E-state index >= 15 is 0 Å². The maximum atomic E-state index is 6.02. The lowest BCUT2D eigenvalue weighted by atomic mass is 9.98. The van der Waals surface area contributed by atoms with Crippen molar-refractivity contribution in [1.82, 2.24) is 14.9 Å². The zero-order valence-electron chi connectivity index (χ0n) is 14.9. The predicted octanol–water partition coefficient (Wildman–Crippen LogP) is 1.56. The van der Waals surface area contributed by atoms with Gasteiger partial charge in [-0.3, -0.25) is 0 Å². The van der Waals surface area contributed by atoms with E-state index in [0.29, 0.717) is 11.8 Å². The third kappa shape index (κ3) is 2.87. The minimum atomic E-state index is 0.252. The molecule has 2 fully saturated rings. The van der Waals surface area contributed by atoms with Crippen LogP contribution in [-0.4, -0.2) is 74.5 Å². The summed E-state index contributed by atoms with van der Waals surface area (Å²) in [7, 11) is 5.47. The van der Waals surface area contributed by atoms with Crippen molar-refractivity contribution in [3.63, 3.8) is 0 Å². The molecule has 2 aliphatic rings. The summed E-state index contributed by atoms with van der Waals surface area (Å²) >= 11 is 0. The van der Waals surface area contributed by atoms with Crippen molar-refractivity contribution < 1.29 is 14.2 Å². The van der Waals surface area contributed by atoms with Gasteiger partial charge in [0.25, 0.3) is 0 Å². The summed E-state index contributed by atoms with van der Waals surface area (Å²) in [6, 6.07) is 4.14. The van der Waals surface area contributed by atoms with Crippen LogP contribution in [0.3, 0.4) is 0 Å². The van der Waals surface area contributed by atoms with Crippen LogP contribution in [0.4, 0.5) is 5.82 Å². The lowest BCUT2D eigenvalue weighted by molar-refractivity contribution is -0.0244. The summed E-state index contributed by atoms with van der Waals surface area (Å²) in [6.45, 7) is 3.58. The fourth-order valence-corrected chi connectivity index (χ4v) is 3.89.